The Morgan fingerprint density at radius 2 is 1.94 bits per heavy atom. The van der Waals surface area contributed by atoms with Crippen LogP contribution in [0.4, 0.5) is 0 Å². The van der Waals surface area contributed by atoms with Crippen LogP contribution in [0, 0.1) is 17.8 Å². The fraction of sp³-hybridized carbons (Fsp3) is 0.929. The van der Waals surface area contributed by atoms with Crippen molar-refractivity contribution in [2.45, 2.75) is 40.5 Å². The van der Waals surface area contributed by atoms with Crippen LogP contribution < -0.4 is 5.32 Å². The molecule has 3 nitrogen and oxygen atoms in total. The van der Waals surface area contributed by atoms with Crippen molar-refractivity contribution in [3.63, 3.8) is 0 Å². The maximum Gasteiger partial charge on any atom is 0.193 e. The predicted octanol–water partition coefficient (Wildman–Crippen LogP) is 3.20. The zero-order chi connectivity index (χ0) is 12.8. The number of aliphatic imine (C=N–C) groups is 1. The first kappa shape index (κ1) is 18.0. The van der Waals surface area contributed by atoms with Crippen molar-refractivity contribution in [3.8, 4) is 0 Å². The number of halogens is 1. The summed E-state index contributed by atoms with van der Waals surface area (Å²) < 4.78 is 0. The molecular weight excluding hydrogens is 337 g/mol. The van der Waals surface area contributed by atoms with E-state index in [0.29, 0.717) is 5.92 Å². The fourth-order valence-corrected chi connectivity index (χ4v) is 2.51. The quantitative estimate of drug-likeness (QED) is 0.470. The molecule has 1 atom stereocenters. The maximum absolute atomic E-state index is 4.39. The molecule has 1 aliphatic heterocycles. The predicted molar refractivity (Wildman–Crippen MR) is 90.7 cm³/mol. The summed E-state index contributed by atoms with van der Waals surface area (Å²) >= 11 is 0. The summed E-state index contributed by atoms with van der Waals surface area (Å²) in [6, 6.07) is 0. The third-order valence-electron chi connectivity index (χ3n) is 3.27. The highest BCUT2D eigenvalue weighted by Crippen LogP contribution is 2.23. The van der Waals surface area contributed by atoms with Gasteiger partial charge in [0.15, 0.2) is 5.96 Å². The molecule has 1 rings (SSSR count). The SMILES string of the molecule is CN=C(NCC(C)C)N1CCC(CC(C)C)C1.I. The standard InChI is InChI=1S/C14H29N3.HI/c1-11(2)8-13-6-7-17(10-13)14(15-5)16-9-12(3)4;/h11-13H,6-10H2,1-5H3,(H,15,16);1H. The molecule has 108 valence electrons. The first-order chi connectivity index (χ1) is 8.02. The van der Waals surface area contributed by atoms with Crippen molar-refractivity contribution in [3.05, 3.63) is 0 Å². The highest BCUT2D eigenvalue weighted by atomic mass is 127. The summed E-state index contributed by atoms with van der Waals surface area (Å²) in [5, 5.41) is 3.46. The molecule has 1 aliphatic rings. The Bertz CT molecular complexity index is 251. The Morgan fingerprint density at radius 3 is 2.44 bits per heavy atom. The minimum atomic E-state index is 0. The lowest BCUT2D eigenvalue weighted by Crippen LogP contribution is -2.41. The molecule has 0 aromatic carbocycles. The largest absolute Gasteiger partial charge is 0.356 e. The Hall–Kier alpha value is 0. The summed E-state index contributed by atoms with van der Waals surface area (Å²) in [6.07, 6.45) is 2.66. The van der Waals surface area contributed by atoms with E-state index in [0.717, 1.165) is 30.9 Å². The van der Waals surface area contributed by atoms with Gasteiger partial charge in [0.2, 0.25) is 0 Å². The van der Waals surface area contributed by atoms with Gasteiger partial charge >= 0.3 is 0 Å². The molecule has 0 aromatic heterocycles. The Labute approximate surface area is 130 Å². The van der Waals surface area contributed by atoms with Crippen molar-refractivity contribution < 1.29 is 0 Å². The monoisotopic (exact) mass is 367 g/mol. The van der Waals surface area contributed by atoms with Crippen LogP contribution >= 0.6 is 24.0 Å². The number of hydrogen-bond acceptors (Lipinski definition) is 1. The van der Waals surface area contributed by atoms with Gasteiger partial charge in [0, 0.05) is 26.7 Å². The summed E-state index contributed by atoms with van der Waals surface area (Å²) in [5.74, 6) is 3.42. The van der Waals surface area contributed by atoms with E-state index >= 15 is 0 Å². The average Bonchev–Trinajstić information content (AvgIpc) is 2.66. The first-order valence-corrected chi connectivity index (χ1v) is 6.98. The lowest BCUT2D eigenvalue weighted by atomic mass is 9.97. The van der Waals surface area contributed by atoms with E-state index in [1.54, 1.807) is 0 Å². The summed E-state index contributed by atoms with van der Waals surface area (Å²) in [6.45, 7) is 12.4. The van der Waals surface area contributed by atoms with E-state index in [1.807, 2.05) is 7.05 Å². The Balaban J connectivity index is 0.00000289. The third kappa shape index (κ3) is 6.25. The smallest absolute Gasteiger partial charge is 0.193 e. The molecule has 0 aliphatic carbocycles. The second-order valence-corrected chi connectivity index (χ2v) is 6.05. The van der Waals surface area contributed by atoms with Crippen LogP contribution in [-0.2, 0) is 0 Å². The van der Waals surface area contributed by atoms with Crippen LogP contribution in [0.1, 0.15) is 40.5 Å². The first-order valence-electron chi connectivity index (χ1n) is 6.98. The number of guanidine groups is 1. The van der Waals surface area contributed by atoms with Gasteiger partial charge in [-0.15, -0.1) is 24.0 Å². The minimum absolute atomic E-state index is 0. The lowest BCUT2D eigenvalue weighted by Gasteiger charge is -2.22. The van der Waals surface area contributed by atoms with E-state index in [9.17, 15) is 0 Å². The fourth-order valence-electron chi connectivity index (χ4n) is 2.51. The van der Waals surface area contributed by atoms with Crippen molar-refractivity contribution in [1.82, 2.24) is 10.2 Å². The van der Waals surface area contributed by atoms with Gasteiger partial charge in [-0.2, -0.15) is 0 Å². The molecule has 0 saturated carbocycles. The summed E-state index contributed by atoms with van der Waals surface area (Å²) in [5.41, 5.74) is 0. The van der Waals surface area contributed by atoms with E-state index < -0.39 is 0 Å². The van der Waals surface area contributed by atoms with Crippen LogP contribution in [0.5, 0.6) is 0 Å². The average molecular weight is 367 g/mol. The third-order valence-corrected chi connectivity index (χ3v) is 3.27. The van der Waals surface area contributed by atoms with E-state index in [4.69, 9.17) is 0 Å². The van der Waals surface area contributed by atoms with Crippen LogP contribution in [0.2, 0.25) is 0 Å². The van der Waals surface area contributed by atoms with Gasteiger partial charge in [-0.1, -0.05) is 27.7 Å². The number of nitrogens with one attached hydrogen (secondary N) is 1. The normalized spacial score (nSPS) is 20.5. The second kappa shape index (κ2) is 8.99. The van der Waals surface area contributed by atoms with Gasteiger partial charge in [-0.25, -0.2) is 0 Å². The molecule has 1 unspecified atom stereocenters. The van der Waals surface area contributed by atoms with E-state index in [1.165, 1.54) is 19.4 Å². The van der Waals surface area contributed by atoms with Gasteiger partial charge in [-0.3, -0.25) is 4.99 Å². The lowest BCUT2D eigenvalue weighted by molar-refractivity contribution is 0.402. The van der Waals surface area contributed by atoms with Crippen molar-refractivity contribution in [2.24, 2.45) is 22.7 Å². The molecule has 0 amide bonds. The molecule has 4 heteroatoms. The minimum Gasteiger partial charge on any atom is -0.356 e. The molecule has 1 saturated heterocycles. The molecule has 0 radical (unpaired) electrons. The molecule has 18 heavy (non-hydrogen) atoms. The molecule has 0 aromatic rings. The second-order valence-electron chi connectivity index (χ2n) is 6.05. The van der Waals surface area contributed by atoms with E-state index in [2.05, 4.69) is 42.9 Å². The molecular formula is C14H30IN3. The van der Waals surface area contributed by atoms with Gasteiger partial charge in [-0.05, 0) is 30.6 Å². The topological polar surface area (TPSA) is 27.6 Å². The van der Waals surface area contributed by atoms with Crippen LogP contribution in [-0.4, -0.2) is 37.5 Å². The number of likely N-dealkylation sites (tertiary alicyclic amines) is 1. The summed E-state index contributed by atoms with van der Waals surface area (Å²) in [7, 11) is 1.89. The highest BCUT2D eigenvalue weighted by molar-refractivity contribution is 14.0. The molecule has 0 spiro atoms. The number of rotatable bonds is 4. The Kier molecular flexibility index (Phi) is 8.99. The van der Waals surface area contributed by atoms with Crippen molar-refractivity contribution >= 4 is 29.9 Å². The van der Waals surface area contributed by atoms with Crippen molar-refractivity contribution in [1.29, 1.82) is 0 Å². The van der Waals surface area contributed by atoms with Crippen molar-refractivity contribution in [2.75, 3.05) is 26.7 Å². The van der Waals surface area contributed by atoms with Gasteiger partial charge in [0.25, 0.3) is 0 Å². The molecule has 0 bridgehead atoms. The highest BCUT2D eigenvalue weighted by Gasteiger charge is 2.25. The molecule has 1 N–H and O–H groups in total. The van der Waals surface area contributed by atoms with Gasteiger partial charge < -0.3 is 10.2 Å². The Morgan fingerprint density at radius 1 is 1.28 bits per heavy atom. The number of hydrogen-bond donors (Lipinski definition) is 1. The van der Waals surface area contributed by atoms with Gasteiger partial charge in [0.05, 0.1) is 0 Å². The van der Waals surface area contributed by atoms with E-state index in [-0.39, 0.29) is 24.0 Å². The van der Waals surface area contributed by atoms with Crippen LogP contribution in [0.15, 0.2) is 4.99 Å². The number of nitrogens with zero attached hydrogens (tertiary/aromatic N) is 2. The van der Waals surface area contributed by atoms with Crippen LogP contribution in [0.3, 0.4) is 0 Å². The van der Waals surface area contributed by atoms with Crippen LogP contribution in [0.25, 0.3) is 0 Å². The maximum atomic E-state index is 4.39. The zero-order valence-corrected chi connectivity index (χ0v) is 14.9. The zero-order valence-electron chi connectivity index (χ0n) is 12.6. The summed E-state index contributed by atoms with van der Waals surface area (Å²) in [4.78, 5) is 6.80. The van der Waals surface area contributed by atoms with Gasteiger partial charge in [0.1, 0.15) is 0 Å². The molecule has 1 heterocycles. The molecule has 1 fully saturated rings.